The average molecular weight is 329 g/mol. The number of nitrogens with one attached hydrogen (secondary N) is 2. The second-order valence-corrected chi connectivity index (χ2v) is 6.92. The highest BCUT2D eigenvalue weighted by atomic mass is 16.2. The van der Waals surface area contributed by atoms with Crippen LogP contribution in [0.1, 0.15) is 60.4 Å². The zero-order valence-corrected chi connectivity index (χ0v) is 14.4. The maximum atomic E-state index is 12.5. The zero-order valence-electron chi connectivity index (χ0n) is 14.4. The van der Waals surface area contributed by atoms with E-state index in [2.05, 4.69) is 16.7 Å². The zero-order chi connectivity index (χ0) is 16.9. The van der Waals surface area contributed by atoms with Crippen molar-refractivity contribution >= 4 is 11.9 Å². The predicted molar refractivity (Wildman–Crippen MR) is 94.2 cm³/mol. The number of hydrogen-bond acceptors (Lipinski definition) is 2. The fourth-order valence-electron chi connectivity index (χ4n) is 3.86. The maximum absolute atomic E-state index is 12.5. The van der Waals surface area contributed by atoms with Gasteiger partial charge in [0.25, 0.3) is 5.91 Å². The number of likely N-dealkylation sites (tertiary alicyclic amines) is 1. The third kappa shape index (κ3) is 3.89. The molecular weight excluding hydrogens is 302 g/mol. The maximum Gasteiger partial charge on any atom is 0.317 e. The number of amides is 3. The molecule has 1 atom stereocenters. The van der Waals surface area contributed by atoms with Gasteiger partial charge in [-0.25, -0.2) is 4.79 Å². The summed E-state index contributed by atoms with van der Waals surface area (Å²) in [5.41, 5.74) is 1.89. The molecule has 1 aromatic rings. The first-order valence-corrected chi connectivity index (χ1v) is 9.05. The lowest BCUT2D eigenvalue weighted by Gasteiger charge is -2.32. The van der Waals surface area contributed by atoms with Gasteiger partial charge in [0.2, 0.25) is 0 Å². The van der Waals surface area contributed by atoms with Crippen LogP contribution in [0, 0.1) is 0 Å². The van der Waals surface area contributed by atoms with Gasteiger partial charge in [-0.2, -0.15) is 0 Å². The van der Waals surface area contributed by atoms with Gasteiger partial charge >= 0.3 is 6.03 Å². The normalized spacial score (nSPS) is 21.5. The van der Waals surface area contributed by atoms with Crippen molar-refractivity contribution in [3.8, 4) is 0 Å². The molecule has 1 heterocycles. The van der Waals surface area contributed by atoms with E-state index >= 15 is 0 Å². The summed E-state index contributed by atoms with van der Waals surface area (Å²) in [7, 11) is 1.67. The molecule has 1 saturated heterocycles. The Bertz CT molecular complexity index is 596. The van der Waals surface area contributed by atoms with Gasteiger partial charge in [-0.1, -0.05) is 25.0 Å². The number of rotatable bonds is 3. The summed E-state index contributed by atoms with van der Waals surface area (Å²) >= 11 is 0. The molecule has 2 fully saturated rings. The van der Waals surface area contributed by atoms with Gasteiger partial charge in [0.15, 0.2) is 0 Å². The van der Waals surface area contributed by atoms with Crippen molar-refractivity contribution in [3.63, 3.8) is 0 Å². The summed E-state index contributed by atoms with van der Waals surface area (Å²) in [4.78, 5) is 26.2. The minimum atomic E-state index is -0.0187. The molecule has 2 N–H and O–H groups in total. The number of piperidine rings is 1. The Kier molecular flexibility index (Phi) is 5.38. The smallest absolute Gasteiger partial charge is 0.317 e. The van der Waals surface area contributed by atoms with Gasteiger partial charge in [-0.05, 0) is 43.4 Å². The standard InChI is InChI=1S/C19H27N3O2/c1-20-19(24)22-11-5-8-16(13-22)14-6-4-7-15(12-14)18(23)21-17-9-2-3-10-17/h4,6-7,12,16-17H,2-3,5,8-11,13H2,1H3,(H,20,24)(H,21,23). The van der Waals surface area contributed by atoms with Crippen molar-refractivity contribution in [2.75, 3.05) is 20.1 Å². The third-order valence-corrected chi connectivity index (χ3v) is 5.23. The van der Waals surface area contributed by atoms with Gasteiger partial charge < -0.3 is 15.5 Å². The van der Waals surface area contributed by atoms with E-state index in [0.717, 1.165) is 43.4 Å². The lowest BCUT2D eigenvalue weighted by molar-refractivity contribution is 0.0937. The second kappa shape index (κ2) is 7.69. The lowest BCUT2D eigenvalue weighted by atomic mass is 9.89. The summed E-state index contributed by atoms with van der Waals surface area (Å²) in [5.74, 6) is 0.331. The summed E-state index contributed by atoms with van der Waals surface area (Å²) in [6, 6.07) is 8.23. The van der Waals surface area contributed by atoms with E-state index in [-0.39, 0.29) is 11.9 Å². The number of carbonyl (C=O) groups excluding carboxylic acids is 2. The molecule has 3 rings (SSSR count). The van der Waals surface area contributed by atoms with Crippen LogP contribution in [-0.2, 0) is 0 Å². The minimum Gasteiger partial charge on any atom is -0.349 e. The van der Waals surface area contributed by atoms with E-state index < -0.39 is 0 Å². The Balaban J connectivity index is 1.67. The van der Waals surface area contributed by atoms with E-state index in [0.29, 0.717) is 18.5 Å². The largest absolute Gasteiger partial charge is 0.349 e. The van der Waals surface area contributed by atoms with Crippen molar-refractivity contribution in [1.29, 1.82) is 0 Å². The number of urea groups is 1. The van der Waals surface area contributed by atoms with E-state index in [1.807, 2.05) is 23.1 Å². The van der Waals surface area contributed by atoms with E-state index in [9.17, 15) is 9.59 Å². The monoisotopic (exact) mass is 329 g/mol. The van der Waals surface area contributed by atoms with Crippen LogP contribution in [0.3, 0.4) is 0 Å². The lowest BCUT2D eigenvalue weighted by Crippen LogP contribution is -2.43. The molecule has 130 valence electrons. The molecule has 1 saturated carbocycles. The Hall–Kier alpha value is -2.04. The number of benzene rings is 1. The van der Waals surface area contributed by atoms with Crippen molar-refractivity contribution in [2.45, 2.75) is 50.5 Å². The molecule has 1 aromatic carbocycles. The molecule has 24 heavy (non-hydrogen) atoms. The van der Waals surface area contributed by atoms with Gasteiger partial charge in [0.1, 0.15) is 0 Å². The highest BCUT2D eigenvalue weighted by molar-refractivity contribution is 5.94. The van der Waals surface area contributed by atoms with Crippen LogP contribution in [0.25, 0.3) is 0 Å². The Morgan fingerprint density at radius 1 is 1.12 bits per heavy atom. The summed E-state index contributed by atoms with van der Waals surface area (Å²) in [6.07, 6.45) is 6.66. The van der Waals surface area contributed by atoms with Crippen molar-refractivity contribution in [1.82, 2.24) is 15.5 Å². The van der Waals surface area contributed by atoms with Crippen LogP contribution in [-0.4, -0.2) is 43.0 Å². The van der Waals surface area contributed by atoms with E-state index in [1.54, 1.807) is 7.05 Å². The molecule has 0 bridgehead atoms. The second-order valence-electron chi connectivity index (χ2n) is 6.92. The highest BCUT2D eigenvalue weighted by Gasteiger charge is 2.25. The third-order valence-electron chi connectivity index (χ3n) is 5.23. The van der Waals surface area contributed by atoms with Crippen molar-refractivity contribution in [2.24, 2.45) is 0 Å². The molecule has 5 heteroatoms. The molecule has 5 nitrogen and oxygen atoms in total. The van der Waals surface area contributed by atoms with Gasteiger partial charge in [-0.3, -0.25) is 4.79 Å². The van der Waals surface area contributed by atoms with E-state index in [1.165, 1.54) is 12.8 Å². The summed E-state index contributed by atoms with van der Waals surface area (Å²) in [6.45, 7) is 1.52. The Morgan fingerprint density at radius 3 is 2.67 bits per heavy atom. The van der Waals surface area contributed by atoms with Gasteiger partial charge in [-0.15, -0.1) is 0 Å². The quantitative estimate of drug-likeness (QED) is 0.896. The first-order chi connectivity index (χ1) is 11.7. The van der Waals surface area contributed by atoms with Gasteiger partial charge in [0.05, 0.1) is 0 Å². The molecule has 0 aromatic heterocycles. The predicted octanol–water partition coefficient (Wildman–Crippen LogP) is 2.88. The SMILES string of the molecule is CNC(=O)N1CCCC(c2cccc(C(=O)NC3CCCC3)c2)C1. The van der Waals surface area contributed by atoms with Crippen molar-refractivity contribution < 1.29 is 9.59 Å². The van der Waals surface area contributed by atoms with E-state index in [4.69, 9.17) is 0 Å². The number of carbonyl (C=O) groups is 2. The Labute approximate surface area is 143 Å². The molecule has 1 unspecified atom stereocenters. The summed E-state index contributed by atoms with van der Waals surface area (Å²) < 4.78 is 0. The van der Waals surface area contributed by atoms with Crippen LogP contribution in [0.5, 0.6) is 0 Å². The van der Waals surface area contributed by atoms with Gasteiger partial charge in [0, 0.05) is 37.7 Å². The van der Waals surface area contributed by atoms with Crippen LogP contribution in [0.2, 0.25) is 0 Å². The first kappa shape index (κ1) is 16.8. The number of nitrogens with zero attached hydrogens (tertiary/aromatic N) is 1. The van der Waals surface area contributed by atoms with Crippen LogP contribution in [0.4, 0.5) is 4.79 Å². The Morgan fingerprint density at radius 2 is 1.92 bits per heavy atom. The summed E-state index contributed by atoms with van der Waals surface area (Å²) in [5, 5.41) is 5.85. The highest BCUT2D eigenvalue weighted by Crippen LogP contribution is 2.27. The molecule has 2 aliphatic rings. The molecule has 3 amide bonds. The molecule has 0 spiro atoms. The first-order valence-electron chi connectivity index (χ1n) is 9.05. The fraction of sp³-hybridized carbons (Fsp3) is 0.579. The molecule has 1 aliphatic carbocycles. The molecule has 0 radical (unpaired) electrons. The van der Waals surface area contributed by atoms with Crippen LogP contribution in [0.15, 0.2) is 24.3 Å². The fourth-order valence-corrected chi connectivity index (χ4v) is 3.86. The van der Waals surface area contributed by atoms with Crippen LogP contribution < -0.4 is 10.6 Å². The number of hydrogen-bond donors (Lipinski definition) is 2. The van der Waals surface area contributed by atoms with Crippen LogP contribution >= 0.6 is 0 Å². The molecule has 1 aliphatic heterocycles. The minimum absolute atomic E-state index is 0.0187. The average Bonchev–Trinajstić information content (AvgIpc) is 3.14. The van der Waals surface area contributed by atoms with Crippen molar-refractivity contribution in [3.05, 3.63) is 35.4 Å². The molecular formula is C19H27N3O2. The topological polar surface area (TPSA) is 61.4 Å².